The predicted molar refractivity (Wildman–Crippen MR) is 114 cm³/mol. The van der Waals surface area contributed by atoms with Crippen LogP contribution >= 0.6 is 0 Å². The SMILES string of the molecule is Cc1cc(-n2c(C3CCOCC3)c(C3CC(CF)C3)c3cc(O)ccc32)ccc1F. The van der Waals surface area contributed by atoms with E-state index in [9.17, 15) is 13.9 Å². The number of rotatable bonds is 4. The van der Waals surface area contributed by atoms with Crippen molar-refractivity contribution >= 4 is 10.9 Å². The van der Waals surface area contributed by atoms with Gasteiger partial charge in [-0.1, -0.05) is 0 Å². The Morgan fingerprint density at radius 2 is 1.83 bits per heavy atom. The van der Waals surface area contributed by atoms with Crippen molar-refractivity contribution in [2.45, 2.75) is 44.4 Å². The molecule has 0 bridgehead atoms. The van der Waals surface area contributed by atoms with Crippen molar-refractivity contribution in [1.29, 1.82) is 0 Å². The largest absolute Gasteiger partial charge is 0.508 e. The molecular formula is C25H27F2NO2. The molecule has 3 nitrogen and oxygen atoms in total. The Morgan fingerprint density at radius 3 is 2.53 bits per heavy atom. The average molecular weight is 411 g/mol. The molecule has 1 N–H and O–H groups in total. The van der Waals surface area contributed by atoms with E-state index in [0.29, 0.717) is 11.5 Å². The van der Waals surface area contributed by atoms with Crippen molar-refractivity contribution in [2.75, 3.05) is 19.9 Å². The van der Waals surface area contributed by atoms with E-state index in [1.807, 2.05) is 24.3 Å². The molecule has 0 radical (unpaired) electrons. The summed E-state index contributed by atoms with van der Waals surface area (Å²) < 4.78 is 35.1. The maximum atomic E-state index is 14.0. The summed E-state index contributed by atoms with van der Waals surface area (Å²) in [4.78, 5) is 0. The van der Waals surface area contributed by atoms with Crippen LogP contribution in [0, 0.1) is 18.7 Å². The number of aromatic hydroxyl groups is 1. The zero-order chi connectivity index (χ0) is 20.8. The van der Waals surface area contributed by atoms with Crippen LogP contribution in [0.25, 0.3) is 16.6 Å². The molecule has 1 saturated heterocycles. The van der Waals surface area contributed by atoms with Crippen molar-refractivity contribution in [3.63, 3.8) is 0 Å². The molecule has 1 saturated carbocycles. The number of hydrogen-bond acceptors (Lipinski definition) is 2. The zero-order valence-electron chi connectivity index (χ0n) is 17.2. The summed E-state index contributed by atoms with van der Waals surface area (Å²) in [7, 11) is 0. The molecule has 0 amide bonds. The fraction of sp³-hybridized carbons (Fsp3) is 0.440. The first-order chi connectivity index (χ1) is 14.6. The van der Waals surface area contributed by atoms with Crippen LogP contribution in [-0.2, 0) is 4.74 Å². The van der Waals surface area contributed by atoms with E-state index in [2.05, 4.69) is 4.57 Å². The number of aryl methyl sites for hydroxylation is 1. The van der Waals surface area contributed by atoms with Crippen LogP contribution in [0.15, 0.2) is 36.4 Å². The number of phenolic OH excluding ortho intramolecular Hbond substituents is 1. The van der Waals surface area contributed by atoms with E-state index < -0.39 is 0 Å². The highest BCUT2D eigenvalue weighted by molar-refractivity contribution is 5.89. The van der Waals surface area contributed by atoms with E-state index in [1.165, 1.54) is 17.3 Å². The van der Waals surface area contributed by atoms with Crippen LogP contribution in [-0.4, -0.2) is 29.6 Å². The fourth-order valence-electron chi connectivity index (χ4n) is 5.27. The maximum Gasteiger partial charge on any atom is 0.126 e. The second-order valence-corrected chi connectivity index (χ2v) is 8.84. The zero-order valence-corrected chi connectivity index (χ0v) is 17.2. The molecule has 30 heavy (non-hydrogen) atoms. The number of alkyl halides is 1. The Hall–Kier alpha value is -2.40. The Kier molecular flexibility index (Phi) is 5.02. The highest BCUT2D eigenvalue weighted by Gasteiger charge is 2.37. The van der Waals surface area contributed by atoms with Crippen LogP contribution < -0.4 is 0 Å². The molecule has 2 heterocycles. The smallest absolute Gasteiger partial charge is 0.126 e. The molecule has 0 atom stereocenters. The molecule has 1 aromatic heterocycles. The fourth-order valence-corrected chi connectivity index (χ4v) is 5.27. The number of hydrogen-bond donors (Lipinski definition) is 1. The van der Waals surface area contributed by atoms with Crippen LogP contribution in [0.1, 0.15) is 54.3 Å². The van der Waals surface area contributed by atoms with Crippen LogP contribution in [0.2, 0.25) is 0 Å². The predicted octanol–water partition coefficient (Wildman–Crippen LogP) is 6.14. The van der Waals surface area contributed by atoms with Gasteiger partial charge in [0.2, 0.25) is 0 Å². The lowest BCUT2D eigenvalue weighted by Gasteiger charge is -2.36. The summed E-state index contributed by atoms with van der Waals surface area (Å²) in [6.45, 7) is 2.95. The molecule has 2 aromatic carbocycles. The molecule has 5 heteroatoms. The lowest BCUT2D eigenvalue weighted by atomic mass is 9.70. The minimum absolute atomic E-state index is 0.126. The first-order valence-electron chi connectivity index (χ1n) is 10.8. The van der Waals surface area contributed by atoms with Gasteiger partial charge in [0.25, 0.3) is 0 Å². The summed E-state index contributed by atoms with van der Waals surface area (Å²) in [6.07, 6.45) is 3.53. The Bertz CT molecular complexity index is 1080. The number of benzene rings is 2. The second-order valence-electron chi connectivity index (χ2n) is 8.84. The highest BCUT2D eigenvalue weighted by atomic mass is 19.1. The molecule has 0 spiro atoms. The Morgan fingerprint density at radius 1 is 1.07 bits per heavy atom. The van der Waals surface area contributed by atoms with E-state index in [4.69, 9.17) is 4.74 Å². The Labute approximate surface area is 175 Å². The van der Waals surface area contributed by atoms with Gasteiger partial charge in [-0.05, 0) is 92.0 Å². The number of fused-ring (bicyclic) bond motifs is 1. The number of ether oxygens (including phenoxy) is 1. The molecule has 2 fully saturated rings. The third kappa shape index (κ3) is 3.20. The standard InChI is InChI=1S/C25H27F2NO2/c1-15-10-19(2-4-22(15)27)28-23-5-3-20(29)13-21(23)24(18-11-16(12-18)14-26)25(28)17-6-8-30-9-7-17/h2-5,10,13,16-18,29H,6-9,11-12,14H2,1H3. The van der Waals surface area contributed by atoms with Crippen LogP contribution in [0.5, 0.6) is 5.75 Å². The van der Waals surface area contributed by atoms with Gasteiger partial charge in [-0.15, -0.1) is 0 Å². The van der Waals surface area contributed by atoms with Crippen molar-refractivity contribution in [2.24, 2.45) is 5.92 Å². The molecule has 2 aliphatic rings. The van der Waals surface area contributed by atoms with Gasteiger partial charge in [0.05, 0.1) is 12.2 Å². The molecule has 5 rings (SSSR count). The minimum Gasteiger partial charge on any atom is -0.508 e. The van der Waals surface area contributed by atoms with Crippen LogP contribution in [0.4, 0.5) is 8.78 Å². The third-order valence-electron chi connectivity index (χ3n) is 6.90. The topological polar surface area (TPSA) is 34.4 Å². The Balaban J connectivity index is 1.77. The van der Waals surface area contributed by atoms with E-state index in [0.717, 1.165) is 55.5 Å². The lowest BCUT2D eigenvalue weighted by molar-refractivity contribution is 0.0837. The van der Waals surface area contributed by atoms with Gasteiger partial charge in [0.15, 0.2) is 0 Å². The van der Waals surface area contributed by atoms with Gasteiger partial charge < -0.3 is 14.4 Å². The first-order valence-corrected chi connectivity index (χ1v) is 10.8. The quantitative estimate of drug-likeness (QED) is 0.559. The number of phenols is 1. The lowest BCUT2D eigenvalue weighted by Crippen LogP contribution is -2.26. The molecule has 3 aromatic rings. The van der Waals surface area contributed by atoms with Crippen molar-refractivity contribution in [3.8, 4) is 11.4 Å². The summed E-state index contributed by atoms with van der Waals surface area (Å²) in [6, 6.07) is 10.7. The normalized spacial score (nSPS) is 22.4. The number of aromatic nitrogens is 1. The van der Waals surface area contributed by atoms with Crippen molar-refractivity contribution < 1.29 is 18.6 Å². The van der Waals surface area contributed by atoms with Crippen molar-refractivity contribution in [3.05, 3.63) is 59.0 Å². The van der Waals surface area contributed by atoms with Gasteiger partial charge in [-0.3, -0.25) is 4.39 Å². The molecular weight excluding hydrogens is 384 g/mol. The number of nitrogens with zero attached hydrogens (tertiary/aromatic N) is 1. The molecule has 0 unspecified atom stereocenters. The van der Waals surface area contributed by atoms with Gasteiger partial charge in [-0.2, -0.15) is 0 Å². The average Bonchev–Trinajstić information content (AvgIpc) is 3.04. The van der Waals surface area contributed by atoms with E-state index in [1.54, 1.807) is 13.0 Å². The summed E-state index contributed by atoms with van der Waals surface area (Å²) in [5.74, 6) is 0.747. The monoisotopic (exact) mass is 411 g/mol. The molecule has 1 aliphatic carbocycles. The number of halogens is 2. The van der Waals surface area contributed by atoms with Gasteiger partial charge in [0, 0.05) is 35.9 Å². The van der Waals surface area contributed by atoms with E-state index >= 15 is 0 Å². The van der Waals surface area contributed by atoms with E-state index in [-0.39, 0.29) is 30.1 Å². The highest BCUT2D eigenvalue weighted by Crippen LogP contribution is 2.50. The third-order valence-corrected chi connectivity index (χ3v) is 6.90. The maximum absolute atomic E-state index is 14.0. The summed E-state index contributed by atoms with van der Waals surface area (Å²) in [5.41, 5.74) is 5.01. The first kappa shape index (κ1) is 19.6. The summed E-state index contributed by atoms with van der Waals surface area (Å²) in [5, 5.41) is 11.3. The van der Waals surface area contributed by atoms with Gasteiger partial charge >= 0.3 is 0 Å². The molecule has 1 aliphatic heterocycles. The van der Waals surface area contributed by atoms with Gasteiger partial charge in [-0.25, -0.2) is 4.39 Å². The van der Waals surface area contributed by atoms with Crippen molar-refractivity contribution in [1.82, 2.24) is 4.57 Å². The minimum atomic E-state index is -0.274. The summed E-state index contributed by atoms with van der Waals surface area (Å²) >= 11 is 0. The van der Waals surface area contributed by atoms with Crippen LogP contribution in [0.3, 0.4) is 0 Å². The second kappa shape index (κ2) is 7.69. The van der Waals surface area contributed by atoms with Gasteiger partial charge in [0.1, 0.15) is 11.6 Å². The molecule has 158 valence electrons.